The first kappa shape index (κ1) is 26.3. The molecule has 2 fully saturated rings. The van der Waals surface area contributed by atoms with Gasteiger partial charge in [-0.3, -0.25) is 14.7 Å². The third-order valence-electron chi connectivity index (χ3n) is 8.37. The Kier molecular flexibility index (Phi) is 7.18. The smallest absolute Gasteiger partial charge is 0.252 e. The summed E-state index contributed by atoms with van der Waals surface area (Å²) in [4.78, 5) is 36.9. The molecule has 0 radical (unpaired) electrons. The van der Waals surface area contributed by atoms with Gasteiger partial charge in [0.1, 0.15) is 11.6 Å². The lowest BCUT2D eigenvalue weighted by molar-refractivity contribution is -0.130. The van der Waals surface area contributed by atoms with Crippen molar-refractivity contribution in [2.24, 2.45) is 5.92 Å². The number of amides is 1. The van der Waals surface area contributed by atoms with Crippen LogP contribution in [0.2, 0.25) is 0 Å². The Labute approximate surface area is 235 Å². The zero-order valence-corrected chi connectivity index (χ0v) is 23.8. The molecule has 10 nitrogen and oxygen atoms in total. The van der Waals surface area contributed by atoms with E-state index in [1.807, 2.05) is 28.7 Å². The number of hydrogen-bond acceptors (Lipinski definition) is 8. The monoisotopic (exact) mass is 539 g/mol. The van der Waals surface area contributed by atoms with Gasteiger partial charge in [-0.05, 0) is 50.7 Å². The fraction of sp³-hybridized carbons (Fsp3) is 0.467. The van der Waals surface area contributed by atoms with Gasteiger partial charge in [-0.25, -0.2) is 14.5 Å². The summed E-state index contributed by atoms with van der Waals surface area (Å²) in [6.07, 6.45) is 5.88. The Bertz CT molecular complexity index is 1510. The third-order valence-corrected chi connectivity index (χ3v) is 8.37. The standard InChI is InChI=1S/C30H37N9O/c1-20-27(21(2)39-30(33-20)34-22(3)35-39)15-25-9-10-38(19-25)29-17-31-28(16-32-29)26-7-5-24(6-8-26)18-36-11-13-37(14-12-36)23(4)40/h5-8,16-17,25H,9-15,18-19H2,1-4H3/t25-/m0/s1. The quantitative estimate of drug-likeness (QED) is 0.369. The van der Waals surface area contributed by atoms with Gasteiger partial charge in [0.2, 0.25) is 5.91 Å². The topological polar surface area (TPSA) is 95.7 Å². The summed E-state index contributed by atoms with van der Waals surface area (Å²) in [6.45, 7) is 14.0. The van der Waals surface area contributed by atoms with Gasteiger partial charge >= 0.3 is 0 Å². The second-order valence-electron chi connectivity index (χ2n) is 11.2. The predicted molar refractivity (Wildman–Crippen MR) is 154 cm³/mol. The molecule has 0 saturated carbocycles. The maximum atomic E-state index is 11.6. The Morgan fingerprint density at radius 2 is 1.73 bits per heavy atom. The molecule has 10 heteroatoms. The van der Waals surface area contributed by atoms with Crippen LogP contribution in [0, 0.1) is 26.7 Å². The number of aromatic nitrogens is 6. The van der Waals surface area contributed by atoms with Crippen LogP contribution in [0.15, 0.2) is 36.7 Å². The van der Waals surface area contributed by atoms with Crippen LogP contribution in [0.3, 0.4) is 0 Å². The molecule has 3 aromatic heterocycles. The van der Waals surface area contributed by atoms with Crippen LogP contribution in [-0.2, 0) is 17.8 Å². The first-order valence-electron chi connectivity index (χ1n) is 14.2. The van der Waals surface area contributed by atoms with Crippen LogP contribution in [0.1, 0.15) is 41.7 Å². The fourth-order valence-corrected chi connectivity index (χ4v) is 5.99. The molecule has 208 valence electrons. The van der Waals surface area contributed by atoms with Crippen molar-refractivity contribution >= 4 is 17.5 Å². The molecule has 40 heavy (non-hydrogen) atoms. The van der Waals surface area contributed by atoms with E-state index in [-0.39, 0.29) is 5.91 Å². The van der Waals surface area contributed by atoms with E-state index in [9.17, 15) is 4.79 Å². The lowest BCUT2D eigenvalue weighted by atomic mass is 9.96. The van der Waals surface area contributed by atoms with Crippen LogP contribution >= 0.6 is 0 Å². The number of nitrogens with zero attached hydrogens (tertiary/aromatic N) is 9. The number of hydrogen-bond donors (Lipinski definition) is 0. The maximum absolute atomic E-state index is 11.6. The van der Waals surface area contributed by atoms with Crippen molar-refractivity contribution in [1.82, 2.24) is 39.3 Å². The fourth-order valence-electron chi connectivity index (χ4n) is 5.99. The van der Waals surface area contributed by atoms with Crippen LogP contribution in [-0.4, -0.2) is 84.5 Å². The van der Waals surface area contributed by atoms with Crippen molar-refractivity contribution in [3.8, 4) is 11.3 Å². The summed E-state index contributed by atoms with van der Waals surface area (Å²) in [5.74, 6) is 3.05. The van der Waals surface area contributed by atoms with E-state index in [4.69, 9.17) is 15.0 Å². The second kappa shape index (κ2) is 10.9. The number of rotatable bonds is 6. The zero-order chi connectivity index (χ0) is 27.8. The first-order chi connectivity index (χ1) is 19.3. The summed E-state index contributed by atoms with van der Waals surface area (Å²) in [7, 11) is 0. The molecule has 1 atom stereocenters. The summed E-state index contributed by atoms with van der Waals surface area (Å²) in [5.41, 5.74) is 6.67. The Morgan fingerprint density at radius 3 is 2.42 bits per heavy atom. The van der Waals surface area contributed by atoms with E-state index >= 15 is 0 Å². The van der Waals surface area contributed by atoms with Crippen molar-refractivity contribution in [3.05, 3.63) is 65.0 Å². The highest BCUT2D eigenvalue weighted by Gasteiger charge is 2.26. The molecular formula is C30H37N9O. The minimum atomic E-state index is 0.167. The minimum absolute atomic E-state index is 0.167. The molecule has 2 aliphatic rings. The number of fused-ring (bicyclic) bond motifs is 1. The van der Waals surface area contributed by atoms with Crippen LogP contribution < -0.4 is 4.90 Å². The summed E-state index contributed by atoms with van der Waals surface area (Å²) in [5, 5.41) is 4.52. The Balaban J connectivity index is 1.06. The molecule has 0 spiro atoms. The molecule has 5 heterocycles. The molecule has 1 aromatic carbocycles. The molecule has 0 N–H and O–H groups in total. The number of piperazine rings is 1. The number of anilines is 1. The van der Waals surface area contributed by atoms with Gasteiger partial charge < -0.3 is 9.80 Å². The van der Waals surface area contributed by atoms with Crippen molar-refractivity contribution in [1.29, 1.82) is 0 Å². The van der Waals surface area contributed by atoms with E-state index in [1.54, 1.807) is 6.92 Å². The highest BCUT2D eigenvalue weighted by molar-refractivity contribution is 5.73. The van der Waals surface area contributed by atoms with Gasteiger partial charge in [-0.2, -0.15) is 10.1 Å². The van der Waals surface area contributed by atoms with E-state index in [0.717, 1.165) is 92.9 Å². The normalized spacial score (nSPS) is 18.1. The maximum Gasteiger partial charge on any atom is 0.252 e. The second-order valence-corrected chi connectivity index (χ2v) is 11.2. The largest absolute Gasteiger partial charge is 0.355 e. The van der Waals surface area contributed by atoms with E-state index < -0.39 is 0 Å². The summed E-state index contributed by atoms with van der Waals surface area (Å²) in [6, 6.07) is 8.60. The number of carbonyl (C=O) groups is 1. The summed E-state index contributed by atoms with van der Waals surface area (Å²) >= 11 is 0. The SMILES string of the molecule is CC(=O)N1CCN(Cc2ccc(-c3cnc(N4CC[C@@H](Cc5c(C)nc6nc(C)nn6c5C)C4)cn3)cc2)CC1. The molecule has 2 saturated heterocycles. The number of aryl methyl sites for hydroxylation is 3. The van der Waals surface area contributed by atoms with E-state index in [2.05, 4.69) is 58.0 Å². The molecule has 1 amide bonds. The van der Waals surface area contributed by atoms with Crippen molar-refractivity contribution in [3.63, 3.8) is 0 Å². The zero-order valence-electron chi connectivity index (χ0n) is 23.8. The predicted octanol–water partition coefficient (Wildman–Crippen LogP) is 3.24. The van der Waals surface area contributed by atoms with Crippen molar-refractivity contribution in [2.75, 3.05) is 44.2 Å². The van der Waals surface area contributed by atoms with Gasteiger partial charge in [0.05, 0.1) is 18.1 Å². The third kappa shape index (κ3) is 5.40. The highest BCUT2D eigenvalue weighted by Crippen LogP contribution is 2.28. The van der Waals surface area contributed by atoms with Crippen LogP contribution in [0.25, 0.3) is 17.0 Å². The average Bonchev–Trinajstić information content (AvgIpc) is 3.58. The molecule has 2 aliphatic heterocycles. The summed E-state index contributed by atoms with van der Waals surface area (Å²) < 4.78 is 1.87. The lowest BCUT2D eigenvalue weighted by Gasteiger charge is -2.34. The van der Waals surface area contributed by atoms with Gasteiger partial charge in [0.15, 0.2) is 0 Å². The highest BCUT2D eigenvalue weighted by atomic mass is 16.2. The van der Waals surface area contributed by atoms with Crippen molar-refractivity contribution < 1.29 is 4.79 Å². The molecular weight excluding hydrogens is 502 g/mol. The van der Waals surface area contributed by atoms with Gasteiger partial charge in [-0.1, -0.05) is 24.3 Å². The Hall–Kier alpha value is -3.92. The first-order valence-corrected chi connectivity index (χ1v) is 14.2. The van der Waals surface area contributed by atoms with Crippen LogP contribution in [0.5, 0.6) is 0 Å². The van der Waals surface area contributed by atoms with E-state index in [0.29, 0.717) is 11.7 Å². The molecule has 0 aliphatic carbocycles. The molecule has 0 unspecified atom stereocenters. The van der Waals surface area contributed by atoms with Gasteiger partial charge in [0, 0.05) is 69.7 Å². The van der Waals surface area contributed by atoms with Gasteiger partial charge in [-0.15, -0.1) is 0 Å². The van der Waals surface area contributed by atoms with Gasteiger partial charge in [0.25, 0.3) is 5.78 Å². The van der Waals surface area contributed by atoms with Crippen molar-refractivity contribution in [2.45, 2.75) is 47.1 Å². The number of carbonyl (C=O) groups excluding carboxylic acids is 1. The number of benzene rings is 1. The Morgan fingerprint density at radius 1 is 0.950 bits per heavy atom. The molecule has 6 rings (SSSR count). The molecule has 4 aromatic rings. The van der Waals surface area contributed by atoms with Crippen LogP contribution in [0.4, 0.5) is 5.82 Å². The average molecular weight is 540 g/mol. The lowest BCUT2D eigenvalue weighted by Crippen LogP contribution is -2.47. The minimum Gasteiger partial charge on any atom is -0.355 e. The molecule has 0 bridgehead atoms. The van der Waals surface area contributed by atoms with E-state index in [1.165, 1.54) is 11.1 Å².